The maximum atomic E-state index is 4.76. The van der Waals surface area contributed by atoms with Crippen LogP contribution in [0.5, 0.6) is 0 Å². The van der Waals surface area contributed by atoms with Crippen LogP contribution in [0.15, 0.2) is 68.5 Å². The third kappa shape index (κ3) is 21.9. The molecule has 4 nitrogen and oxygen atoms in total. The molecule has 0 spiro atoms. The van der Waals surface area contributed by atoms with Crippen molar-refractivity contribution in [2.75, 3.05) is 33.5 Å². The number of aryl methyl sites for hydroxylation is 4. The standard InChI is InChI=1S/2C15H22N2.CH2Cl2.CH4.CH3.ClH.Pd/c2*1-5-14(16-3)15(17-4)11-10-13-8-6-12(2)7-9-13;2-1-3;;;;/h2*6-9H,5,10-11H2,1-4H3;1H2;1H4;1H3;1H;/q;;;;-1;;+2/p-1. The van der Waals surface area contributed by atoms with Crippen molar-refractivity contribution in [3.05, 3.63) is 78.2 Å². The van der Waals surface area contributed by atoms with Gasteiger partial charge in [0.2, 0.25) is 0 Å². The van der Waals surface area contributed by atoms with E-state index in [2.05, 4.69) is 124 Å². The predicted molar refractivity (Wildman–Crippen MR) is 189 cm³/mol. The molecular weight excluding hydrogens is 665 g/mol. The van der Waals surface area contributed by atoms with E-state index < -0.39 is 0 Å². The topological polar surface area (TPSA) is 49.4 Å². The van der Waals surface area contributed by atoms with E-state index in [1.54, 1.807) is 0 Å². The molecule has 0 aliphatic rings. The zero-order chi connectivity index (χ0) is 30.1. The predicted octanol–water partition coefficient (Wildman–Crippen LogP) is 10.2. The second kappa shape index (κ2) is 31.6. The van der Waals surface area contributed by atoms with Crippen molar-refractivity contribution >= 4 is 55.6 Å². The molecule has 0 heterocycles. The molecule has 0 N–H and O–H groups in total. The van der Waals surface area contributed by atoms with Crippen LogP contribution in [-0.2, 0) is 31.0 Å². The first-order chi connectivity index (χ1) is 18.8. The molecule has 0 aliphatic heterocycles. The van der Waals surface area contributed by atoms with Crippen LogP contribution in [0.25, 0.3) is 0 Å². The third-order valence-corrected chi connectivity index (χ3v) is 5.96. The van der Waals surface area contributed by atoms with Gasteiger partial charge in [0.15, 0.2) is 0 Å². The number of hydrogen-bond donors (Lipinski definition) is 0. The van der Waals surface area contributed by atoms with Crippen LogP contribution in [0.3, 0.4) is 0 Å². The fraction of sp³-hybridized carbons (Fsp3) is 0.485. The van der Waals surface area contributed by atoms with Crippen molar-refractivity contribution in [1.29, 1.82) is 0 Å². The Morgan fingerprint density at radius 3 is 1.02 bits per heavy atom. The van der Waals surface area contributed by atoms with Gasteiger partial charge in [0.05, 0.1) is 28.2 Å². The fourth-order valence-electron chi connectivity index (χ4n) is 3.79. The van der Waals surface area contributed by atoms with Crippen LogP contribution < -0.4 is 0 Å². The van der Waals surface area contributed by atoms with Gasteiger partial charge in [-0.1, -0.05) is 80.9 Å². The van der Waals surface area contributed by atoms with Gasteiger partial charge in [-0.15, -0.1) is 23.2 Å². The number of nitrogens with zero attached hydrogens (tertiary/aromatic N) is 4. The molecule has 2 aromatic carbocycles. The minimum atomic E-state index is 0. The van der Waals surface area contributed by atoms with Crippen molar-refractivity contribution < 1.29 is 18.2 Å². The monoisotopic (exact) mass is 716 g/mol. The van der Waals surface area contributed by atoms with Crippen LogP contribution in [0.1, 0.15) is 69.2 Å². The van der Waals surface area contributed by atoms with Crippen LogP contribution >= 0.6 is 32.7 Å². The Kier molecular flexibility index (Phi) is 35.9. The Bertz CT molecular complexity index is 919. The van der Waals surface area contributed by atoms with Crippen LogP contribution in [0.4, 0.5) is 0 Å². The van der Waals surface area contributed by atoms with Crippen molar-refractivity contribution in [2.24, 2.45) is 20.0 Å². The molecule has 2 aromatic rings. The Morgan fingerprint density at radius 1 is 0.585 bits per heavy atom. The SMILES string of the molecule is C.CCC(=NC)C(CCc1ccc(C)cc1)=NC.CCC(=NC)C(CCc1ccc(C)cc1)=NC.ClCCl.[CH3-].[Cl][Pd+]. The molecule has 0 bridgehead atoms. The molecule has 0 radical (unpaired) electrons. The molecule has 0 atom stereocenters. The summed E-state index contributed by atoms with van der Waals surface area (Å²) < 4.78 is 0. The summed E-state index contributed by atoms with van der Waals surface area (Å²) in [4.78, 5) is 17.3. The Hall–Kier alpha value is -1.35. The van der Waals surface area contributed by atoms with E-state index in [9.17, 15) is 0 Å². The van der Waals surface area contributed by atoms with Crippen molar-refractivity contribution in [1.82, 2.24) is 0 Å². The van der Waals surface area contributed by atoms with E-state index in [-0.39, 0.29) is 20.2 Å². The molecule has 41 heavy (non-hydrogen) atoms. The molecule has 0 saturated heterocycles. The van der Waals surface area contributed by atoms with Gasteiger partial charge in [0, 0.05) is 28.2 Å². The summed E-state index contributed by atoms with van der Waals surface area (Å²) in [6, 6.07) is 17.4. The van der Waals surface area contributed by atoms with E-state index in [0.29, 0.717) is 0 Å². The number of aliphatic imine (C=N–C) groups is 4. The van der Waals surface area contributed by atoms with E-state index in [0.717, 1.165) is 61.4 Å². The van der Waals surface area contributed by atoms with E-state index in [4.69, 9.17) is 23.2 Å². The van der Waals surface area contributed by atoms with Gasteiger partial charge in [-0.2, -0.15) is 0 Å². The number of benzene rings is 2. The Labute approximate surface area is 277 Å². The zero-order valence-electron chi connectivity index (χ0n) is 25.8. The molecule has 0 unspecified atom stereocenters. The Balaban J connectivity index is -0.000000277. The van der Waals surface area contributed by atoms with Crippen LogP contribution in [-0.4, -0.2) is 56.4 Å². The molecule has 0 fully saturated rings. The summed E-state index contributed by atoms with van der Waals surface area (Å²) >= 11 is 11.8. The van der Waals surface area contributed by atoms with E-state index in [1.807, 2.05) is 28.2 Å². The summed E-state index contributed by atoms with van der Waals surface area (Å²) in [5, 5.41) is 0.194. The van der Waals surface area contributed by atoms with Gasteiger partial charge >= 0.3 is 27.7 Å². The second-order valence-corrected chi connectivity index (χ2v) is 9.27. The summed E-state index contributed by atoms with van der Waals surface area (Å²) in [7, 11) is 11.9. The van der Waals surface area contributed by atoms with Gasteiger partial charge in [-0.25, -0.2) is 0 Å². The summed E-state index contributed by atoms with van der Waals surface area (Å²) in [6.45, 7) is 8.47. The minimum absolute atomic E-state index is 0. The first kappa shape index (κ1) is 46.6. The molecule has 0 saturated carbocycles. The van der Waals surface area contributed by atoms with Crippen molar-refractivity contribution in [2.45, 2.75) is 73.6 Å². The summed E-state index contributed by atoms with van der Waals surface area (Å²) in [6.07, 6.45) is 5.92. The number of alkyl halides is 2. The molecule has 8 heteroatoms. The first-order valence-corrected chi connectivity index (χ1v) is 16.1. The average Bonchev–Trinajstić information content (AvgIpc) is 2.97. The molecular formula is C33H53Cl3N4Pd. The number of hydrogen-bond acceptors (Lipinski definition) is 4. The maximum absolute atomic E-state index is 4.76. The van der Waals surface area contributed by atoms with Gasteiger partial charge in [-0.3, -0.25) is 20.0 Å². The fourth-order valence-corrected chi connectivity index (χ4v) is 3.79. The normalized spacial score (nSPS) is 11.3. The summed E-state index contributed by atoms with van der Waals surface area (Å²) in [5.41, 5.74) is 9.86. The zero-order valence-corrected chi connectivity index (χ0v) is 29.6. The quantitative estimate of drug-likeness (QED) is 0.102. The van der Waals surface area contributed by atoms with Crippen LogP contribution in [0.2, 0.25) is 0 Å². The van der Waals surface area contributed by atoms with Gasteiger partial charge < -0.3 is 7.43 Å². The molecule has 2 rings (SSSR count). The third-order valence-electron chi connectivity index (χ3n) is 5.96. The molecule has 0 amide bonds. The summed E-state index contributed by atoms with van der Waals surface area (Å²) in [5.74, 6) is 0. The van der Waals surface area contributed by atoms with Gasteiger partial charge in [-0.05, 0) is 63.5 Å². The number of halogens is 3. The Morgan fingerprint density at radius 2 is 0.829 bits per heavy atom. The van der Waals surface area contributed by atoms with Gasteiger partial charge in [0.1, 0.15) is 0 Å². The van der Waals surface area contributed by atoms with Crippen molar-refractivity contribution in [3.63, 3.8) is 0 Å². The molecule has 0 aromatic heterocycles. The second-order valence-electron chi connectivity index (χ2n) is 8.46. The van der Waals surface area contributed by atoms with Crippen LogP contribution in [0, 0.1) is 21.3 Å². The van der Waals surface area contributed by atoms with Crippen molar-refractivity contribution in [3.8, 4) is 0 Å². The first-order valence-electron chi connectivity index (χ1n) is 13.0. The van der Waals surface area contributed by atoms with E-state index in [1.165, 1.54) is 22.3 Å². The van der Waals surface area contributed by atoms with Gasteiger partial charge in [0.25, 0.3) is 0 Å². The molecule has 236 valence electrons. The average molecular weight is 719 g/mol. The number of rotatable bonds is 10. The molecule has 0 aliphatic carbocycles. The van der Waals surface area contributed by atoms with E-state index >= 15 is 0 Å².